The monoisotopic (exact) mass is 440 g/mol. The van der Waals surface area contributed by atoms with Gasteiger partial charge in [-0.3, -0.25) is 14.5 Å². The van der Waals surface area contributed by atoms with Crippen molar-refractivity contribution in [2.24, 2.45) is 0 Å². The van der Waals surface area contributed by atoms with Crippen LogP contribution in [-0.4, -0.2) is 33.8 Å². The smallest absolute Gasteiger partial charge is 0.230 e. The summed E-state index contributed by atoms with van der Waals surface area (Å²) in [5.74, 6) is 0.283. The number of hydrogen-bond donors (Lipinski definition) is 1. The zero-order valence-corrected chi connectivity index (χ0v) is 18.6. The Morgan fingerprint density at radius 3 is 2.70 bits per heavy atom. The molecule has 1 saturated carbocycles. The maximum atomic E-state index is 12.4. The molecule has 2 aromatic carbocycles. The number of hydrogen-bond acceptors (Lipinski definition) is 6. The van der Waals surface area contributed by atoms with Crippen LogP contribution >= 0.6 is 23.1 Å². The molecule has 8 heteroatoms. The maximum absolute atomic E-state index is 12.4. The van der Waals surface area contributed by atoms with Crippen LogP contribution in [0.5, 0.6) is 0 Å². The Morgan fingerprint density at radius 1 is 1.20 bits per heavy atom. The number of anilines is 1. The molecule has 1 unspecified atom stereocenters. The van der Waals surface area contributed by atoms with Crippen LogP contribution < -0.4 is 10.2 Å². The first-order valence-electron chi connectivity index (χ1n) is 10.1. The summed E-state index contributed by atoms with van der Waals surface area (Å²) in [6, 6.07) is 14.6. The van der Waals surface area contributed by atoms with Crippen molar-refractivity contribution in [2.45, 2.75) is 49.5 Å². The first-order valence-corrected chi connectivity index (χ1v) is 11.9. The van der Waals surface area contributed by atoms with Gasteiger partial charge in [-0.15, -0.1) is 10.2 Å². The lowest BCUT2D eigenvalue weighted by Gasteiger charge is -2.17. The number of carbonyl (C=O) groups excluding carboxylic acids is 2. The van der Waals surface area contributed by atoms with Crippen molar-refractivity contribution in [3.63, 3.8) is 0 Å². The van der Waals surface area contributed by atoms with Gasteiger partial charge < -0.3 is 5.32 Å². The van der Waals surface area contributed by atoms with Gasteiger partial charge in [0.25, 0.3) is 0 Å². The van der Waals surface area contributed by atoms with E-state index in [-0.39, 0.29) is 29.7 Å². The average Bonchev–Trinajstić information content (AvgIpc) is 3.48. The van der Waals surface area contributed by atoms with Crippen LogP contribution in [0, 0.1) is 0 Å². The molecular weight excluding hydrogens is 416 g/mol. The Morgan fingerprint density at radius 2 is 1.97 bits per heavy atom. The molecule has 156 valence electrons. The van der Waals surface area contributed by atoms with Gasteiger partial charge in [0, 0.05) is 12.5 Å². The van der Waals surface area contributed by atoms with E-state index in [0.717, 1.165) is 23.8 Å². The number of rotatable bonds is 8. The van der Waals surface area contributed by atoms with Crippen LogP contribution in [0.2, 0.25) is 0 Å². The van der Waals surface area contributed by atoms with Crippen LogP contribution in [0.3, 0.4) is 0 Å². The molecule has 1 N–H and O–H groups in total. The number of nitrogens with one attached hydrogen (secondary N) is 1. The highest BCUT2D eigenvalue weighted by molar-refractivity contribution is 8.01. The fraction of sp³-hybridized carbons (Fsp3) is 0.364. The summed E-state index contributed by atoms with van der Waals surface area (Å²) in [4.78, 5) is 26.4. The molecule has 0 spiro atoms. The third-order valence-corrected chi connectivity index (χ3v) is 7.12. The minimum Gasteiger partial charge on any atom is -0.349 e. The van der Waals surface area contributed by atoms with Gasteiger partial charge in [-0.1, -0.05) is 66.4 Å². The molecule has 1 heterocycles. The van der Waals surface area contributed by atoms with Crippen molar-refractivity contribution in [1.29, 1.82) is 0 Å². The van der Waals surface area contributed by atoms with E-state index < -0.39 is 0 Å². The summed E-state index contributed by atoms with van der Waals surface area (Å²) in [5, 5.41) is 14.4. The zero-order valence-electron chi connectivity index (χ0n) is 17.0. The van der Waals surface area contributed by atoms with E-state index in [0.29, 0.717) is 15.9 Å². The molecule has 30 heavy (non-hydrogen) atoms. The minimum atomic E-state index is -0.0831. The largest absolute Gasteiger partial charge is 0.349 e. The van der Waals surface area contributed by atoms with E-state index in [9.17, 15) is 9.59 Å². The average molecular weight is 441 g/mol. The molecule has 1 aliphatic carbocycles. The van der Waals surface area contributed by atoms with Crippen LogP contribution in [0.1, 0.15) is 44.7 Å². The number of aromatic nitrogens is 2. The Labute approximate surface area is 184 Å². The van der Waals surface area contributed by atoms with E-state index in [1.54, 1.807) is 4.90 Å². The molecule has 0 saturated heterocycles. The summed E-state index contributed by atoms with van der Waals surface area (Å²) in [6.07, 6.45) is 2.49. The van der Waals surface area contributed by atoms with E-state index in [2.05, 4.69) is 45.8 Å². The van der Waals surface area contributed by atoms with Gasteiger partial charge in [0.05, 0.1) is 11.8 Å². The molecule has 6 nitrogen and oxygen atoms in total. The van der Waals surface area contributed by atoms with E-state index >= 15 is 0 Å². The number of thioether (sulfide) groups is 1. The highest BCUT2D eigenvalue weighted by Crippen LogP contribution is 2.36. The molecule has 2 amide bonds. The zero-order chi connectivity index (χ0) is 21.1. The predicted molar refractivity (Wildman–Crippen MR) is 122 cm³/mol. The quantitative estimate of drug-likeness (QED) is 0.410. The maximum Gasteiger partial charge on any atom is 0.230 e. The minimum absolute atomic E-state index is 0.0545. The molecule has 1 fully saturated rings. The lowest BCUT2D eigenvalue weighted by Crippen LogP contribution is -2.32. The summed E-state index contributed by atoms with van der Waals surface area (Å²) < 4.78 is 0.702. The Balaban J connectivity index is 1.33. The van der Waals surface area contributed by atoms with Crippen LogP contribution in [-0.2, 0) is 9.59 Å². The molecule has 1 atom stereocenters. The Hall–Kier alpha value is -2.45. The second kappa shape index (κ2) is 9.14. The molecular formula is C22H24N4O2S2. The fourth-order valence-electron chi connectivity index (χ4n) is 3.30. The first kappa shape index (κ1) is 20.8. The van der Waals surface area contributed by atoms with Crippen molar-refractivity contribution in [2.75, 3.05) is 10.7 Å². The summed E-state index contributed by atoms with van der Waals surface area (Å²) in [7, 11) is 0. The van der Waals surface area contributed by atoms with Gasteiger partial charge in [-0.2, -0.15) is 0 Å². The van der Waals surface area contributed by atoms with Gasteiger partial charge in [0.15, 0.2) is 4.34 Å². The highest BCUT2D eigenvalue weighted by Gasteiger charge is 2.35. The van der Waals surface area contributed by atoms with Gasteiger partial charge in [0.2, 0.25) is 16.9 Å². The topological polar surface area (TPSA) is 75.2 Å². The second-order valence-corrected chi connectivity index (χ2v) is 9.56. The molecule has 1 aliphatic rings. The standard InChI is InChI=1S/C22H24N4O2S2/c1-3-20(28)26(18-10-11-18)21-24-25-22(30-21)29-13-19(27)23-14(2)16-9-8-15-6-4-5-7-17(15)12-16/h4-9,12,14,18H,3,10-11,13H2,1-2H3,(H,23,27). The van der Waals surface area contributed by atoms with Crippen molar-refractivity contribution in [1.82, 2.24) is 15.5 Å². The van der Waals surface area contributed by atoms with Crippen LogP contribution in [0.15, 0.2) is 46.8 Å². The van der Waals surface area contributed by atoms with Crippen molar-refractivity contribution in [3.8, 4) is 0 Å². The summed E-state index contributed by atoms with van der Waals surface area (Å²) in [5.41, 5.74) is 1.07. The molecule has 0 radical (unpaired) electrons. The van der Waals surface area contributed by atoms with Crippen molar-refractivity contribution in [3.05, 3.63) is 48.0 Å². The van der Waals surface area contributed by atoms with Gasteiger partial charge in [-0.25, -0.2) is 0 Å². The summed E-state index contributed by atoms with van der Waals surface area (Å²) in [6.45, 7) is 3.84. The molecule has 4 rings (SSSR count). The molecule has 0 aliphatic heterocycles. The number of carbonyl (C=O) groups is 2. The lowest BCUT2D eigenvalue weighted by atomic mass is 10.0. The molecule has 1 aromatic heterocycles. The molecule has 3 aromatic rings. The number of nitrogens with zero attached hydrogens (tertiary/aromatic N) is 3. The van der Waals surface area contributed by atoms with Crippen molar-refractivity contribution >= 4 is 50.8 Å². The van der Waals surface area contributed by atoms with Gasteiger partial charge in [-0.05, 0) is 42.2 Å². The number of amides is 2. The number of benzene rings is 2. The number of fused-ring (bicyclic) bond motifs is 1. The third kappa shape index (κ3) is 4.82. The van der Waals surface area contributed by atoms with Crippen LogP contribution in [0.25, 0.3) is 10.8 Å². The van der Waals surface area contributed by atoms with E-state index in [1.807, 2.05) is 26.0 Å². The highest BCUT2D eigenvalue weighted by atomic mass is 32.2. The Kier molecular flexibility index (Phi) is 6.34. The third-order valence-electron chi connectivity index (χ3n) is 5.06. The van der Waals surface area contributed by atoms with Crippen LogP contribution in [0.4, 0.5) is 5.13 Å². The summed E-state index contributed by atoms with van der Waals surface area (Å²) >= 11 is 2.73. The van der Waals surface area contributed by atoms with Gasteiger partial charge in [0.1, 0.15) is 0 Å². The Bertz CT molecular complexity index is 1060. The second-order valence-electron chi connectivity index (χ2n) is 7.38. The van der Waals surface area contributed by atoms with Gasteiger partial charge >= 0.3 is 0 Å². The predicted octanol–water partition coefficient (Wildman–Crippen LogP) is 4.57. The first-order chi connectivity index (χ1) is 14.5. The normalized spacial score (nSPS) is 14.5. The van der Waals surface area contributed by atoms with Crippen molar-refractivity contribution < 1.29 is 9.59 Å². The molecule has 0 bridgehead atoms. The SMILES string of the molecule is CCC(=O)N(c1nnc(SCC(=O)NC(C)c2ccc3ccccc3c2)s1)C1CC1. The lowest BCUT2D eigenvalue weighted by molar-refractivity contribution is -0.119. The van der Waals surface area contributed by atoms with E-state index in [1.165, 1.54) is 28.5 Å². The fourth-order valence-corrected chi connectivity index (χ4v) is 5.04. The van der Waals surface area contributed by atoms with E-state index in [4.69, 9.17) is 0 Å².